The van der Waals surface area contributed by atoms with Crippen LogP contribution in [0.4, 0.5) is 11.4 Å². The normalized spacial score (nSPS) is 18.6. The molecule has 6 heterocycles. The zero-order valence-corrected chi connectivity index (χ0v) is 41.7. The third kappa shape index (κ3) is 9.22. The number of hydrogen-bond acceptors (Lipinski definition) is 12. The second-order valence-corrected chi connectivity index (χ2v) is 21.5. The number of likely N-dealkylation sites (tertiary alicyclic amines) is 1. The summed E-state index contributed by atoms with van der Waals surface area (Å²) in [5, 5.41) is 36.5. The number of carbonyl (C=O) groups excluding carboxylic acids is 3. The van der Waals surface area contributed by atoms with Crippen molar-refractivity contribution in [3.05, 3.63) is 128 Å². The maximum absolute atomic E-state index is 14.6. The van der Waals surface area contributed by atoms with Crippen LogP contribution in [-0.4, -0.2) is 95.5 Å². The Morgan fingerprint density at radius 3 is 2.33 bits per heavy atom. The first kappa shape index (κ1) is 47.5. The van der Waals surface area contributed by atoms with Gasteiger partial charge in [0.05, 0.1) is 40.4 Å². The van der Waals surface area contributed by atoms with Crippen molar-refractivity contribution in [2.24, 2.45) is 10.4 Å². The number of aliphatic hydroxyl groups is 1. The first-order valence-corrected chi connectivity index (χ1v) is 25.0. The zero-order valence-electron chi connectivity index (χ0n) is 40.0. The van der Waals surface area contributed by atoms with Gasteiger partial charge in [0.2, 0.25) is 11.8 Å². The lowest BCUT2D eigenvalue weighted by Gasteiger charge is -2.36. The van der Waals surface area contributed by atoms with E-state index in [0.29, 0.717) is 29.5 Å². The third-order valence-electron chi connectivity index (χ3n) is 13.6. The number of aryl methyl sites for hydroxylation is 4. The number of fused-ring (bicyclic) bond motifs is 4. The Hall–Kier alpha value is -6.56. The minimum absolute atomic E-state index is 0.0323. The van der Waals surface area contributed by atoms with E-state index < -0.39 is 47.4 Å². The lowest BCUT2D eigenvalue weighted by molar-refractivity contribution is -0.142. The van der Waals surface area contributed by atoms with Crippen molar-refractivity contribution in [3.8, 4) is 15.4 Å². The number of thiazole rings is 1. The summed E-state index contributed by atoms with van der Waals surface area (Å²) in [7, 11) is 0. The average Bonchev–Trinajstić information content (AvgIpc) is 4.09. The molecule has 17 heteroatoms. The van der Waals surface area contributed by atoms with Gasteiger partial charge in [-0.2, -0.15) is 0 Å². The van der Waals surface area contributed by atoms with Gasteiger partial charge in [0, 0.05) is 52.5 Å². The largest absolute Gasteiger partial charge is 0.481 e. The zero-order chi connectivity index (χ0) is 49.1. The monoisotopic (exact) mass is 967 g/mol. The molecule has 0 aliphatic carbocycles. The number of thiophene rings is 1. The molecule has 3 aromatic heterocycles. The van der Waals surface area contributed by atoms with E-state index in [1.807, 2.05) is 112 Å². The summed E-state index contributed by atoms with van der Waals surface area (Å²) in [5.74, 6) is -1.05. The van der Waals surface area contributed by atoms with Gasteiger partial charge in [-0.25, -0.2) is 4.98 Å². The molecule has 6 aromatic rings. The fraction of sp³-hybridized carbons (Fsp3) is 0.385. The van der Waals surface area contributed by atoms with Crippen LogP contribution in [0.5, 0.6) is 0 Å². The van der Waals surface area contributed by atoms with Crippen LogP contribution in [0.2, 0.25) is 0 Å². The van der Waals surface area contributed by atoms with Crippen molar-refractivity contribution in [2.45, 2.75) is 111 Å². The van der Waals surface area contributed by atoms with Crippen molar-refractivity contribution < 1.29 is 29.4 Å². The molecule has 3 aromatic carbocycles. The number of carboxylic acids is 1. The highest BCUT2D eigenvalue weighted by Crippen LogP contribution is 2.41. The van der Waals surface area contributed by atoms with Crippen LogP contribution >= 0.6 is 22.7 Å². The van der Waals surface area contributed by atoms with Crippen LogP contribution in [0.3, 0.4) is 0 Å². The van der Waals surface area contributed by atoms with Crippen LogP contribution in [0, 0.1) is 33.1 Å². The van der Waals surface area contributed by atoms with E-state index in [0.717, 1.165) is 78.0 Å². The summed E-state index contributed by atoms with van der Waals surface area (Å²) < 4.78 is 1.94. The topological polar surface area (TPSA) is 195 Å². The van der Waals surface area contributed by atoms with Crippen LogP contribution in [0.15, 0.2) is 77.2 Å². The second kappa shape index (κ2) is 18.7. The molecule has 0 radical (unpaired) electrons. The molecule has 0 saturated carbocycles. The first-order chi connectivity index (χ1) is 32.9. The van der Waals surface area contributed by atoms with E-state index >= 15 is 0 Å². The molecule has 0 bridgehead atoms. The average molecular weight is 968 g/mol. The summed E-state index contributed by atoms with van der Waals surface area (Å²) in [6.07, 6.45) is 0.672. The van der Waals surface area contributed by atoms with E-state index in [1.165, 1.54) is 4.90 Å². The Morgan fingerprint density at radius 2 is 1.65 bits per heavy atom. The van der Waals surface area contributed by atoms with Crippen molar-refractivity contribution in [2.75, 3.05) is 18.0 Å². The van der Waals surface area contributed by atoms with Gasteiger partial charge in [-0.3, -0.25) is 28.7 Å². The Kier molecular flexibility index (Phi) is 12.9. The number of anilines is 2. The molecule has 3 amide bonds. The first-order valence-electron chi connectivity index (χ1n) is 23.3. The molecule has 3 aliphatic rings. The maximum Gasteiger partial charge on any atom is 0.306 e. The molecule has 0 spiro atoms. The number of aliphatic hydroxyl groups excluding tert-OH is 1. The van der Waals surface area contributed by atoms with Crippen molar-refractivity contribution in [1.82, 2.24) is 35.3 Å². The van der Waals surface area contributed by atoms with Crippen molar-refractivity contribution >= 4 is 63.5 Å². The number of hydrogen-bond donors (Lipinski definition) is 4. The van der Waals surface area contributed by atoms with Gasteiger partial charge in [0.1, 0.15) is 29.0 Å². The Morgan fingerprint density at radius 1 is 0.928 bits per heavy atom. The minimum Gasteiger partial charge on any atom is -0.481 e. The lowest BCUT2D eigenvalue weighted by atomic mass is 9.85. The van der Waals surface area contributed by atoms with Crippen LogP contribution in [-0.2, 0) is 20.8 Å². The number of rotatable bonds is 11. The quantitative estimate of drug-likeness (QED) is 0.0985. The second-order valence-electron chi connectivity index (χ2n) is 19.4. The predicted molar refractivity (Wildman–Crippen MR) is 268 cm³/mol. The molecule has 69 heavy (non-hydrogen) atoms. The number of aliphatic imine (C=N–C) groups is 1. The summed E-state index contributed by atoms with van der Waals surface area (Å²) >= 11 is 3.19. The Balaban J connectivity index is 0.931. The summed E-state index contributed by atoms with van der Waals surface area (Å²) in [6.45, 7) is 16.1. The fourth-order valence-electron chi connectivity index (χ4n) is 9.70. The smallest absolute Gasteiger partial charge is 0.306 e. The molecular formula is C52H57N9O6S2. The molecule has 5 atom stereocenters. The summed E-state index contributed by atoms with van der Waals surface area (Å²) in [4.78, 5) is 70.1. The van der Waals surface area contributed by atoms with Gasteiger partial charge >= 0.3 is 5.97 Å². The van der Waals surface area contributed by atoms with E-state index in [2.05, 4.69) is 44.6 Å². The standard InChI is InChI=1S/C52H57N9O6S2/c1-27-30(4)69-51-43(27)44(55-39(24-42(63)64)47-58-57-31(5)61(47)51)34-17-19-37(20-18-34)59-21-9-10-33-13-16-36(22-40(33)59)48(65)56-46(52(6,7)8)50(67)60-25-38(62)23-41(60)49(66)54-28(2)32-11-14-35(15-12-32)45-29(3)53-26-68-45/h11-20,22,26,28,38-39,41,46,62H,9-10,21,23-25H2,1-8H3,(H,54,66)(H,56,65)(H,63,64)/t28-,38+,39-,41-,46+/m0/s1. The highest BCUT2D eigenvalue weighted by atomic mass is 32.1. The molecule has 15 nitrogen and oxygen atoms in total. The lowest BCUT2D eigenvalue weighted by Crippen LogP contribution is -2.57. The molecule has 1 fully saturated rings. The van der Waals surface area contributed by atoms with Gasteiger partial charge in [-0.15, -0.1) is 32.9 Å². The SMILES string of the molecule is Cc1ncsc1-c1ccc([C@H](C)NC(=O)[C@@H]2C[C@@H](O)CN2C(=O)[C@@H](NC(=O)c2ccc3c(c2)N(c2ccc(C4=N[C@@H](CC(=O)O)c5nnc(C)n5-c5sc(C)c(C)c54)cc2)CCC3)C(C)(C)C)cc1. The Bertz CT molecular complexity index is 3000. The number of nitrogens with one attached hydrogen (secondary N) is 2. The Labute approximate surface area is 409 Å². The highest BCUT2D eigenvalue weighted by Gasteiger charge is 2.45. The van der Waals surface area contributed by atoms with Gasteiger partial charge in [-0.1, -0.05) is 63.2 Å². The predicted octanol–water partition coefficient (Wildman–Crippen LogP) is 8.12. The minimum atomic E-state index is -1.01. The van der Waals surface area contributed by atoms with E-state index in [9.17, 15) is 29.4 Å². The van der Waals surface area contributed by atoms with Crippen LogP contribution < -0.4 is 15.5 Å². The highest BCUT2D eigenvalue weighted by molar-refractivity contribution is 7.15. The molecule has 1 saturated heterocycles. The number of carbonyl (C=O) groups is 4. The van der Waals surface area contributed by atoms with Crippen molar-refractivity contribution in [3.63, 3.8) is 0 Å². The van der Waals surface area contributed by atoms with Crippen LogP contribution in [0.1, 0.15) is 119 Å². The van der Waals surface area contributed by atoms with Crippen LogP contribution in [0.25, 0.3) is 15.4 Å². The maximum atomic E-state index is 14.6. The summed E-state index contributed by atoms with van der Waals surface area (Å²) in [5.41, 5.74) is 10.8. The van der Waals surface area contributed by atoms with Gasteiger partial charge in [-0.05, 0) is 99.4 Å². The molecule has 0 unspecified atom stereocenters. The number of β-amino-alcohol motifs (C(OH)–C–C–N with tert-alkyl or cyclic N) is 1. The number of nitrogens with zero attached hydrogens (tertiary/aromatic N) is 7. The van der Waals surface area contributed by atoms with E-state index in [-0.39, 0.29) is 31.3 Å². The number of amides is 3. The summed E-state index contributed by atoms with van der Waals surface area (Å²) in [6, 6.07) is 18.6. The third-order valence-corrected chi connectivity index (χ3v) is 15.7. The van der Waals surface area contributed by atoms with Gasteiger partial charge < -0.3 is 30.6 Å². The molecular weight excluding hydrogens is 911 g/mol. The molecule has 4 N–H and O–H groups in total. The number of aliphatic carboxylic acids is 1. The van der Waals surface area contributed by atoms with Crippen molar-refractivity contribution in [1.29, 1.82) is 0 Å². The van der Waals surface area contributed by atoms with E-state index in [4.69, 9.17) is 4.99 Å². The molecule has 9 rings (SSSR count). The van der Waals surface area contributed by atoms with E-state index in [1.54, 1.807) is 28.7 Å². The fourth-order valence-corrected chi connectivity index (χ4v) is 11.7. The van der Waals surface area contributed by atoms with Gasteiger partial charge in [0.15, 0.2) is 5.82 Å². The number of benzene rings is 3. The number of aromatic nitrogens is 4. The van der Waals surface area contributed by atoms with Gasteiger partial charge in [0.25, 0.3) is 5.91 Å². The molecule has 358 valence electrons. The molecule has 3 aliphatic heterocycles. The number of carboxylic acid groups (broad SMARTS) is 1.